The number of hydrogen-bond acceptors (Lipinski definition) is 3. The molecule has 5 heteroatoms. The Morgan fingerprint density at radius 1 is 0.909 bits per heavy atom. The molecule has 0 saturated heterocycles. The first-order chi connectivity index (χ1) is 16.0. The van der Waals surface area contributed by atoms with Gasteiger partial charge in [0.1, 0.15) is 0 Å². The molecule has 2 rings (SSSR count). The highest BCUT2D eigenvalue weighted by atomic mass is 16.5. The summed E-state index contributed by atoms with van der Waals surface area (Å²) in [6.45, 7) is 7.71. The van der Waals surface area contributed by atoms with E-state index in [2.05, 4.69) is 43.2 Å². The van der Waals surface area contributed by atoms with E-state index < -0.39 is 0 Å². The number of rotatable bonds is 15. The Morgan fingerprint density at radius 3 is 2.18 bits per heavy atom. The minimum atomic E-state index is -0.0104. The lowest BCUT2D eigenvalue weighted by Crippen LogP contribution is -2.42. The summed E-state index contributed by atoms with van der Waals surface area (Å²) >= 11 is 0. The summed E-state index contributed by atoms with van der Waals surface area (Å²) in [6.07, 6.45) is 14.3. The number of urea groups is 1. The summed E-state index contributed by atoms with van der Waals surface area (Å²) in [7, 11) is 4.15. The maximum atomic E-state index is 12.7. The van der Waals surface area contributed by atoms with Crippen molar-refractivity contribution in [3.63, 3.8) is 0 Å². The second-order valence-corrected chi connectivity index (χ2v) is 9.86. The molecular weight excluding hydrogens is 410 g/mol. The van der Waals surface area contributed by atoms with Crippen LogP contribution < -0.4 is 5.32 Å². The molecular formula is C28H49N3O2. The molecule has 0 radical (unpaired) electrons. The van der Waals surface area contributed by atoms with Gasteiger partial charge in [0, 0.05) is 25.4 Å². The standard InChI is InChI=1S/C28H49N3O2/c1-5-7-9-21-30(3)22-10-11-23-33-27-19-17-26(18-20-27)31(4)28(32)29-25-15-13-24(14-16-25)12-8-6-2/h13-16,26-27H,5-12,17-23H2,1-4H3,(H,29,32). The molecule has 1 aliphatic rings. The summed E-state index contributed by atoms with van der Waals surface area (Å²) in [6, 6.07) is 8.57. The number of amides is 2. The van der Waals surface area contributed by atoms with Crippen LogP contribution in [-0.4, -0.2) is 61.8 Å². The topological polar surface area (TPSA) is 44.8 Å². The van der Waals surface area contributed by atoms with Crippen LogP contribution in [-0.2, 0) is 11.2 Å². The van der Waals surface area contributed by atoms with Crippen LogP contribution in [0, 0.1) is 0 Å². The van der Waals surface area contributed by atoms with E-state index in [1.165, 1.54) is 57.2 Å². The lowest BCUT2D eigenvalue weighted by atomic mass is 9.92. The van der Waals surface area contributed by atoms with Crippen molar-refractivity contribution in [2.45, 2.75) is 103 Å². The summed E-state index contributed by atoms with van der Waals surface area (Å²) in [4.78, 5) is 17.0. The molecule has 33 heavy (non-hydrogen) atoms. The van der Waals surface area contributed by atoms with Crippen molar-refractivity contribution in [2.24, 2.45) is 0 Å². The van der Waals surface area contributed by atoms with Crippen LogP contribution in [0.25, 0.3) is 0 Å². The molecule has 1 N–H and O–H groups in total. The number of benzene rings is 1. The third-order valence-electron chi connectivity index (χ3n) is 6.97. The molecule has 0 aromatic heterocycles. The number of nitrogens with one attached hydrogen (secondary N) is 1. The molecule has 1 fully saturated rings. The largest absolute Gasteiger partial charge is 0.378 e. The zero-order chi connectivity index (χ0) is 23.9. The lowest BCUT2D eigenvalue weighted by molar-refractivity contribution is 0.0126. The Bertz CT molecular complexity index is 641. The fourth-order valence-electron chi connectivity index (χ4n) is 4.59. The molecule has 1 aliphatic carbocycles. The molecule has 2 amide bonds. The van der Waals surface area contributed by atoms with Crippen LogP contribution >= 0.6 is 0 Å². The Hall–Kier alpha value is -1.59. The smallest absolute Gasteiger partial charge is 0.321 e. The second-order valence-electron chi connectivity index (χ2n) is 9.86. The van der Waals surface area contributed by atoms with E-state index in [-0.39, 0.29) is 6.03 Å². The molecule has 0 spiro atoms. The summed E-state index contributed by atoms with van der Waals surface area (Å²) in [5.74, 6) is 0. The van der Waals surface area contributed by atoms with Gasteiger partial charge in [0.05, 0.1) is 6.10 Å². The number of carbonyl (C=O) groups is 1. The molecule has 1 saturated carbocycles. The van der Waals surface area contributed by atoms with E-state index in [1.807, 2.05) is 24.1 Å². The Morgan fingerprint density at radius 2 is 1.55 bits per heavy atom. The van der Waals surface area contributed by atoms with Crippen molar-refractivity contribution in [1.82, 2.24) is 9.80 Å². The monoisotopic (exact) mass is 459 g/mol. The quantitative estimate of drug-likeness (QED) is 0.296. The number of aryl methyl sites for hydroxylation is 1. The van der Waals surface area contributed by atoms with E-state index in [0.717, 1.165) is 50.8 Å². The van der Waals surface area contributed by atoms with Crippen LogP contribution in [0.2, 0.25) is 0 Å². The minimum Gasteiger partial charge on any atom is -0.378 e. The van der Waals surface area contributed by atoms with Gasteiger partial charge in [0.2, 0.25) is 0 Å². The number of ether oxygens (including phenoxy) is 1. The highest BCUT2D eigenvalue weighted by Gasteiger charge is 2.27. The number of anilines is 1. The lowest BCUT2D eigenvalue weighted by Gasteiger charge is -2.34. The Kier molecular flexibility index (Phi) is 13.5. The fraction of sp³-hybridized carbons (Fsp3) is 0.750. The van der Waals surface area contributed by atoms with Crippen molar-refractivity contribution in [1.29, 1.82) is 0 Å². The number of nitrogens with zero attached hydrogens (tertiary/aromatic N) is 2. The Labute approximate surface area is 203 Å². The van der Waals surface area contributed by atoms with Crippen molar-refractivity contribution < 1.29 is 9.53 Å². The van der Waals surface area contributed by atoms with Gasteiger partial charge in [-0.25, -0.2) is 4.79 Å². The third kappa shape index (κ3) is 10.9. The molecule has 1 aromatic rings. The van der Waals surface area contributed by atoms with Crippen LogP contribution in [0.15, 0.2) is 24.3 Å². The SMILES string of the molecule is CCCCCN(C)CCCCOC1CCC(N(C)C(=O)Nc2ccc(CCCC)cc2)CC1. The van der Waals surface area contributed by atoms with Crippen LogP contribution in [0.3, 0.4) is 0 Å². The van der Waals surface area contributed by atoms with Gasteiger partial charge in [-0.2, -0.15) is 0 Å². The molecule has 0 bridgehead atoms. The second kappa shape index (κ2) is 16.1. The third-order valence-corrected chi connectivity index (χ3v) is 6.97. The predicted molar refractivity (Wildman–Crippen MR) is 140 cm³/mol. The van der Waals surface area contributed by atoms with Gasteiger partial charge < -0.3 is 19.9 Å². The number of hydrogen-bond donors (Lipinski definition) is 1. The Balaban J connectivity index is 1.59. The zero-order valence-electron chi connectivity index (χ0n) is 21.8. The average molecular weight is 460 g/mol. The summed E-state index contributed by atoms with van der Waals surface area (Å²) in [5.41, 5.74) is 2.21. The van der Waals surface area contributed by atoms with Gasteiger partial charge in [-0.1, -0.05) is 45.2 Å². The first-order valence-corrected chi connectivity index (χ1v) is 13.5. The van der Waals surface area contributed by atoms with Crippen molar-refractivity contribution in [2.75, 3.05) is 39.1 Å². The highest BCUT2D eigenvalue weighted by Crippen LogP contribution is 2.25. The fourth-order valence-corrected chi connectivity index (χ4v) is 4.59. The summed E-state index contributed by atoms with van der Waals surface area (Å²) in [5, 5.41) is 3.06. The van der Waals surface area contributed by atoms with Gasteiger partial charge in [-0.05, 0) is 95.6 Å². The maximum absolute atomic E-state index is 12.7. The average Bonchev–Trinajstić information content (AvgIpc) is 2.83. The molecule has 0 unspecified atom stereocenters. The van der Waals surface area contributed by atoms with Crippen LogP contribution in [0.4, 0.5) is 10.5 Å². The van der Waals surface area contributed by atoms with Crippen LogP contribution in [0.1, 0.15) is 90.0 Å². The highest BCUT2D eigenvalue weighted by molar-refractivity contribution is 5.89. The molecule has 0 atom stereocenters. The van der Waals surface area contributed by atoms with Crippen molar-refractivity contribution >= 4 is 11.7 Å². The van der Waals surface area contributed by atoms with Crippen LogP contribution in [0.5, 0.6) is 0 Å². The summed E-state index contributed by atoms with van der Waals surface area (Å²) < 4.78 is 6.15. The van der Waals surface area contributed by atoms with Gasteiger partial charge >= 0.3 is 6.03 Å². The predicted octanol–water partition coefficient (Wildman–Crippen LogP) is 6.72. The normalized spacial score (nSPS) is 18.5. The van der Waals surface area contributed by atoms with Gasteiger partial charge in [-0.3, -0.25) is 0 Å². The van der Waals surface area contributed by atoms with Crippen molar-refractivity contribution in [3.8, 4) is 0 Å². The number of unbranched alkanes of at least 4 members (excludes halogenated alkanes) is 4. The van der Waals surface area contributed by atoms with E-state index in [1.54, 1.807) is 0 Å². The first kappa shape index (κ1) is 27.7. The zero-order valence-corrected chi connectivity index (χ0v) is 21.8. The van der Waals surface area contributed by atoms with Gasteiger partial charge in [0.25, 0.3) is 0 Å². The van der Waals surface area contributed by atoms with E-state index in [4.69, 9.17) is 4.74 Å². The molecule has 1 aromatic carbocycles. The van der Waals surface area contributed by atoms with Gasteiger partial charge in [-0.15, -0.1) is 0 Å². The first-order valence-electron chi connectivity index (χ1n) is 13.5. The van der Waals surface area contributed by atoms with E-state index >= 15 is 0 Å². The minimum absolute atomic E-state index is 0.0104. The van der Waals surface area contributed by atoms with E-state index in [0.29, 0.717) is 12.1 Å². The molecule has 5 nitrogen and oxygen atoms in total. The molecule has 0 aliphatic heterocycles. The van der Waals surface area contributed by atoms with E-state index in [9.17, 15) is 4.79 Å². The van der Waals surface area contributed by atoms with Gasteiger partial charge in [0.15, 0.2) is 0 Å². The van der Waals surface area contributed by atoms with Crippen molar-refractivity contribution in [3.05, 3.63) is 29.8 Å². The number of carbonyl (C=O) groups excluding carboxylic acids is 1. The molecule has 0 heterocycles. The molecule has 188 valence electrons. The maximum Gasteiger partial charge on any atom is 0.321 e.